The van der Waals surface area contributed by atoms with Crippen molar-refractivity contribution in [3.63, 3.8) is 0 Å². The SMILES string of the molecule is COC(=O)c1ccccc1CNCC(C)O. The molecular formula is C12H17NO3. The molecule has 1 aromatic carbocycles. The fourth-order valence-corrected chi connectivity index (χ4v) is 1.40. The van der Waals surface area contributed by atoms with Crippen LogP contribution in [-0.2, 0) is 11.3 Å². The average molecular weight is 223 g/mol. The van der Waals surface area contributed by atoms with Crippen molar-refractivity contribution in [1.29, 1.82) is 0 Å². The van der Waals surface area contributed by atoms with E-state index in [1.165, 1.54) is 7.11 Å². The van der Waals surface area contributed by atoms with E-state index in [4.69, 9.17) is 5.11 Å². The molecule has 88 valence electrons. The van der Waals surface area contributed by atoms with Crippen molar-refractivity contribution in [3.8, 4) is 0 Å². The largest absolute Gasteiger partial charge is 0.465 e. The van der Waals surface area contributed by atoms with Crippen LogP contribution in [0.3, 0.4) is 0 Å². The molecule has 1 aromatic rings. The van der Waals surface area contributed by atoms with Gasteiger partial charge in [-0.2, -0.15) is 0 Å². The number of carbonyl (C=O) groups is 1. The van der Waals surface area contributed by atoms with Crippen LogP contribution in [0.2, 0.25) is 0 Å². The van der Waals surface area contributed by atoms with Crippen molar-refractivity contribution >= 4 is 5.97 Å². The van der Waals surface area contributed by atoms with Crippen LogP contribution in [0.15, 0.2) is 24.3 Å². The molecule has 4 heteroatoms. The van der Waals surface area contributed by atoms with E-state index in [2.05, 4.69) is 10.1 Å². The maximum atomic E-state index is 11.4. The van der Waals surface area contributed by atoms with Crippen molar-refractivity contribution in [3.05, 3.63) is 35.4 Å². The van der Waals surface area contributed by atoms with Gasteiger partial charge >= 0.3 is 5.97 Å². The molecule has 0 radical (unpaired) electrons. The number of esters is 1. The highest BCUT2D eigenvalue weighted by Gasteiger charge is 2.10. The Balaban J connectivity index is 2.67. The average Bonchev–Trinajstić information content (AvgIpc) is 2.28. The molecule has 0 saturated heterocycles. The summed E-state index contributed by atoms with van der Waals surface area (Å²) in [6, 6.07) is 7.25. The van der Waals surface area contributed by atoms with Gasteiger partial charge < -0.3 is 15.2 Å². The Hall–Kier alpha value is -1.39. The van der Waals surface area contributed by atoms with Gasteiger partial charge in [0, 0.05) is 13.1 Å². The van der Waals surface area contributed by atoms with Gasteiger partial charge in [0.1, 0.15) is 0 Å². The first-order chi connectivity index (χ1) is 7.65. The number of rotatable bonds is 5. The van der Waals surface area contributed by atoms with Crippen molar-refractivity contribution in [2.45, 2.75) is 19.6 Å². The quantitative estimate of drug-likeness (QED) is 0.729. The van der Waals surface area contributed by atoms with E-state index in [0.717, 1.165) is 5.56 Å². The summed E-state index contributed by atoms with van der Waals surface area (Å²) in [7, 11) is 1.36. The Morgan fingerprint density at radius 2 is 2.19 bits per heavy atom. The van der Waals surface area contributed by atoms with Crippen LogP contribution in [0.4, 0.5) is 0 Å². The number of methoxy groups -OCH3 is 1. The maximum Gasteiger partial charge on any atom is 0.338 e. The van der Waals surface area contributed by atoms with Gasteiger partial charge in [-0.25, -0.2) is 4.79 Å². The number of ether oxygens (including phenoxy) is 1. The minimum absolute atomic E-state index is 0.338. The molecule has 1 unspecified atom stereocenters. The molecule has 0 aliphatic heterocycles. The van der Waals surface area contributed by atoms with E-state index in [9.17, 15) is 4.79 Å². The zero-order valence-corrected chi connectivity index (χ0v) is 9.56. The number of hydrogen-bond acceptors (Lipinski definition) is 4. The monoisotopic (exact) mass is 223 g/mol. The Morgan fingerprint density at radius 3 is 2.81 bits per heavy atom. The second-order valence-corrected chi connectivity index (χ2v) is 3.63. The van der Waals surface area contributed by atoms with Gasteiger partial charge in [0.05, 0.1) is 18.8 Å². The Labute approximate surface area is 95.2 Å². The van der Waals surface area contributed by atoms with Gasteiger partial charge in [0.2, 0.25) is 0 Å². The smallest absolute Gasteiger partial charge is 0.338 e. The van der Waals surface area contributed by atoms with Crippen molar-refractivity contribution in [1.82, 2.24) is 5.32 Å². The highest BCUT2D eigenvalue weighted by molar-refractivity contribution is 5.90. The predicted molar refractivity (Wildman–Crippen MR) is 61.2 cm³/mol. The summed E-state index contributed by atoms with van der Waals surface area (Å²) >= 11 is 0. The fourth-order valence-electron chi connectivity index (χ4n) is 1.40. The number of aliphatic hydroxyl groups is 1. The minimum Gasteiger partial charge on any atom is -0.465 e. The minimum atomic E-state index is -0.398. The number of hydrogen-bond donors (Lipinski definition) is 2. The molecule has 4 nitrogen and oxygen atoms in total. The van der Waals surface area contributed by atoms with Crippen LogP contribution in [-0.4, -0.2) is 30.8 Å². The van der Waals surface area contributed by atoms with E-state index in [1.807, 2.05) is 12.1 Å². The Morgan fingerprint density at radius 1 is 1.50 bits per heavy atom. The standard InChI is InChI=1S/C12H17NO3/c1-9(14)7-13-8-10-5-3-4-6-11(10)12(15)16-2/h3-6,9,13-14H,7-8H2,1-2H3. The Kier molecular flexibility index (Phi) is 4.95. The summed E-state index contributed by atoms with van der Waals surface area (Å²) < 4.78 is 4.69. The summed E-state index contributed by atoms with van der Waals surface area (Å²) in [5.41, 5.74) is 1.43. The third-order valence-electron chi connectivity index (χ3n) is 2.18. The van der Waals surface area contributed by atoms with Crippen LogP contribution in [0.25, 0.3) is 0 Å². The molecule has 0 heterocycles. The number of benzene rings is 1. The molecule has 0 bridgehead atoms. The third-order valence-corrected chi connectivity index (χ3v) is 2.18. The summed E-state index contributed by atoms with van der Waals surface area (Å²) in [5, 5.41) is 12.2. The lowest BCUT2D eigenvalue weighted by molar-refractivity contribution is 0.0599. The van der Waals surface area contributed by atoms with Crippen LogP contribution in [0, 0.1) is 0 Å². The second kappa shape index (κ2) is 6.25. The number of nitrogens with one attached hydrogen (secondary N) is 1. The van der Waals surface area contributed by atoms with Crippen LogP contribution in [0.5, 0.6) is 0 Å². The number of aliphatic hydroxyl groups excluding tert-OH is 1. The van der Waals surface area contributed by atoms with E-state index < -0.39 is 6.10 Å². The van der Waals surface area contributed by atoms with Crippen LogP contribution >= 0.6 is 0 Å². The topological polar surface area (TPSA) is 58.6 Å². The lowest BCUT2D eigenvalue weighted by atomic mass is 10.1. The van der Waals surface area contributed by atoms with Crippen molar-refractivity contribution in [2.24, 2.45) is 0 Å². The first kappa shape index (κ1) is 12.7. The zero-order valence-electron chi connectivity index (χ0n) is 9.56. The van der Waals surface area contributed by atoms with Gasteiger partial charge in [-0.15, -0.1) is 0 Å². The molecular weight excluding hydrogens is 206 g/mol. The predicted octanol–water partition coefficient (Wildman–Crippen LogP) is 0.944. The first-order valence-electron chi connectivity index (χ1n) is 5.20. The molecule has 2 N–H and O–H groups in total. The van der Waals surface area contributed by atoms with E-state index in [1.54, 1.807) is 19.1 Å². The van der Waals surface area contributed by atoms with Gasteiger partial charge in [0.15, 0.2) is 0 Å². The van der Waals surface area contributed by atoms with Crippen LogP contribution < -0.4 is 5.32 Å². The lowest BCUT2D eigenvalue weighted by Crippen LogP contribution is -2.24. The molecule has 16 heavy (non-hydrogen) atoms. The molecule has 1 atom stereocenters. The third kappa shape index (κ3) is 3.64. The molecule has 0 aromatic heterocycles. The number of carbonyl (C=O) groups excluding carboxylic acids is 1. The maximum absolute atomic E-state index is 11.4. The Bertz CT molecular complexity index is 350. The zero-order chi connectivity index (χ0) is 12.0. The van der Waals surface area contributed by atoms with Gasteiger partial charge in [0.25, 0.3) is 0 Å². The molecule has 0 aliphatic carbocycles. The molecule has 0 aliphatic rings. The van der Waals surface area contributed by atoms with Gasteiger partial charge in [-0.1, -0.05) is 18.2 Å². The second-order valence-electron chi connectivity index (χ2n) is 3.63. The fraction of sp³-hybridized carbons (Fsp3) is 0.417. The summed E-state index contributed by atoms with van der Waals surface area (Å²) in [4.78, 5) is 11.4. The van der Waals surface area contributed by atoms with Crippen LogP contribution in [0.1, 0.15) is 22.8 Å². The molecule has 0 fully saturated rings. The van der Waals surface area contributed by atoms with Crippen molar-refractivity contribution in [2.75, 3.05) is 13.7 Å². The molecule has 1 rings (SSSR count). The normalized spacial score (nSPS) is 12.2. The van der Waals surface area contributed by atoms with E-state index in [-0.39, 0.29) is 5.97 Å². The van der Waals surface area contributed by atoms with Crippen molar-refractivity contribution < 1.29 is 14.6 Å². The van der Waals surface area contributed by atoms with Gasteiger partial charge in [-0.3, -0.25) is 0 Å². The highest BCUT2D eigenvalue weighted by Crippen LogP contribution is 2.09. The molecule has 0 saturated carbocycles. The summed E-state index contributed by atoms with van der Waals surface area (Å²) in [6.45, 7) is 2.74. The lowest BCUT2D eigenvalue weighted by Gasteiger charge is -2.10. The summed E-state index contributed by atoms with van der Waals surface area (Å²) in [5.74, 6) is -0.338. The summed E-state index contributed by atoms with van der Waals surface area (Å²) in [6.07, 6.45) is -0.398. The van der Waals surface area contributed by atoms with Gasteiger partial charge in [-0.05, 0) is 18.6 Å². The molecule has 0 spiro atoms. The van der Waals surface area contributed by atoms with E-state index in [0.29, 0.717) is 18.7 Å². The molecule has 0 amide bonds. The highest BCUT2D eigenvalue weighted by atomic mass is 16.5. The first-order valence-corrected chi connectivity index (χ1v) is 5.20. The van der Waals surface area contributed by atoms with E-state index >= 15 is 0 Å².